The Morgan fingerprint density at radius 3 is 2.45 bits per heavy atom. The molecule has 0 aliphatic rings. The van der Waals surface area contributed by atoms with Crippen LogP contribution >= 0.6 is 0 Å². The fraction of sp³-hybridized carbons (Fsp3) is 0.765. The molecule has 126 valence electrons. The zero-order valence-electron chi connectivity index (χ0n) is 15.2. The van der Waals surface area contributed by atoms with Gasteiger partial charge in [0.25, 0.3) is 0 Å². The van der Waals surface area contributed by atoms with E-state index in [0.29, 0.717) is 18.4 Å². The van der Waals surface area contributed by atoms with Gasteiger partial charge in [-0.3, -0.25) is 0 Å². The maximum atomic E-state index is 5.79. The number of anilines is 1. The second-order valence-corrected chi connectivity index (χ2v) is 7.45. The second-order valence-electron chi connectivity index (χ2n) is 7.45. The standard InChI is InChI=1S/C17H32N4O/c1-13(2)12-22-15-11-14(18-9-8-10-21(6)7)19-16(20-15)17(3,4)5/h11,13H,8-10,12H2,1-7H3,(H,18,19,20). The van der Waals surface area contributed by atoms with Gasteiger partial charge in [-0.05, 0) is 33.0 Å². The van der Waals surface area contributed by atoms with Gasteiger partial charge in [0, 0.05) is 18.0 Å². The van der Waals surface area contributed by atoms with E-state index in [1.165, 1.54) is 0 Å². The van der Waals surface area contributed by atoms with Crippen LogP contribution in [0, 0.1) is 5.92 Å². The quantitative estimate of drug-likeness (QED) is 0.748. The first-order valence-electron chi connectivity index (χ1n) is 8.09. The molecule has 0 aromatic carbocycles. The van der Waals surface area contributed by atoms with Gasteiger partial charge in [0.15, 0.2) is 0 Å². The molecule has 0 saturated carbocycles. The maximum absolute atomic E-state index is 5.79. The summed E-state index contributed by atoms with van der Waals surface area (Å²) in [7, 11) is 4.17. The number of aromatic nitrogens is 2. The van der Waals surface area contributed by atoms with Crippen LogP contribution in [0.4, 0.5) is 5.82 Å². The fourth-order valence-electron chi connectivity index (χ4n) is 1.79. The average Bonchev–Trinajstić information content (AvgIpc) is 2.40. The lowest BCUT2D eigenvalue weighted by Gasteiger charge is -2.19. The van der Waals surface area contributed by atoms with Gasteiger partial charge in [-0.25, -0.2) is 4.98 Å². The molecular formula is C17H32N4O. The van der Waals surface area contributed by atoms with Gasteiger partial charge in [0.2, 0.25) is 5.88 Å². The van der Waals surface area contributed by atoms with Crippen LogP contribution in [-0.4, -0.2) is 48.7 Å². The van der Waals surface area contributed by atoms with Crippen molar-refractivity contribution in [2.45, 2.75) is 46.5 Å². The number of nitrogens with one attached hydrogen (secondary N) is 1. The summed E-state index contributed by atoms with van der Waals surface area (Å²) in [5, 5.41) is 3.38. The van der Waals surface area contributed by atoms with Gasteiger partial charge in [-0.1, -0.05) is 34.6 Å². The molecule has 0 fully saturated rings. The van der Waals surface area contributed by atoms with E-state index in [1.807, 2.05) is 6.07 Å². The molecule has 1 rings (SSSR count). The van der Waals surface area contributed by atoms with Crippen LogP contribution in [0.5, 0.6) is 5.88 Å². The van der Waals surface area contributed by atoms with Crippen molar-refractivity contribution in [1.29, 1.82) is 0 Å². The molecular weight excluding hydrogens is 276 g/mol. The fourth-order valence-corrected chi connectivity index (χ4v) is 1.79. The lowest BCUT2D eigenvalue weighted by molar-refractivity contribution is 0.259. The highest BCUT2D eigenvalue weighted by Gasteiger charge is 2.19. The van der Waals surface area contributed by atoms with Gasteiger partial charge >= 0.3 is 0 Å². The lowest BCUT2D eigenvalue weighted by atomic mass is 9.96. The minimum absolute atomic E-state index is 0.0999. The molecule has 0 aliphatic carbocycles. The molecule has 1 N–H and O–H groups in total. The molecule has 0 aliphatic heterocycles. The zero-order valence-corrected chi connectivity index (χ0v) is 15.2. The lowest BCUT2D eigenvalue weighted by Crippen LogP contribution is -2.20. The SMILES string of the molecule is CC(C)COc1cc(NCCCN(C)C)nc(C(C)(C)C)n1. The van der Waals surface area contributed by atoms with Crippen molar-refractivity contribution < 1.29 is 4.74 Å². The van der Waals surface area contributed by atoms with E-state index in [1.54, 1.807) is 0 Å². The first-order chi connectivity index (χ1) is 10.2. The topological polar surface area (TPSA) is 50.3 Å². The van der Waals surface area contributed by atoms with E-state index in [4.69, 9.17) is 4.74 Å². The molecule has 1 heterocycles. The van der Waals surface area contributed by atoms with E-state index in [0.717, 1.165) is 31.2 Å². The molecule has 1 aromatic rings. The van der Waals surface area contributed by atoms with Crippen molar-refractivity contribution in [1.82, 2.24) is 14.9 Å². The molecule has 0 atom stereocenters. The Bertz CT molecular complexity index is 452. The molecule has 5 heteroatoms. The highest BCUT2D eigenvalue weighted by atomic mass is 16.5. The van der Waals surface area contributed by atoms with E-state index in [-0.39, 0.29) is 5.41 Å². The Kier molecular flexibility index (Phi) is 7.07. The van der Waals surface area contributed by atoms with Crippen molar-refractivity contribution in [3.63, 3.8) is 0 Å². The van der Waals surface area contributed by atoms with E-state index in [2.05, 4.69) is 68.9 Å². The number of nitrogens with zero attached hydrogens (tertiary/aromatic N) is 3. The summed E-state index contributed by atoms with van der Waals surface area (Å²) >= 11 is 0. The second kappa shape index (κ2) is 8.32. The Morgan fingerprint density at radius 1 is 1.23 bits per heavy atom. The molecule has 0 unspecified atom stereocenters. The van der Waals surface area contributed by atoms with Crippen LogP contribution in [0.2, 0.25) is 0 Å². The van der Waals surface area contributed by atoms with Crippen LogP contribution in [0.15, 0.2) is 6.07 Å². The molecule has 0 saturated heterocycles. The van der Waals surface area contributed by atoms with Crippen LogP contribution in [0.1, 0.15) is 46.9 Å². The average molecular weight is 308 g/mol. The molecule has 0 radical (unpaired) electrons. The predicted molar refractivity (Wildman–Crippen MR) is 92.7 cm³/mol. The third-order valence-electron chi connectivity index (χ3n) is 3.03. The number of ether oxygens (including phenoxy) is 1. The zero-order chi connectivity index (χ0) is 16.8. The number of rotatable bonds is 8. The first-order valence-corrected chi connectivity index (χ1v) is 8.09. The van der Waals surface area contributed by atoms with E-state index in [9.17, 15) is 0 Å². The Balaban J connectivity index is 2.79. The van der Waals surface area contributed by atoms with E-state index < -0.39 is 0 Å². The van der Waals surface area contributed by atoms with Crippen molar-refractivity contribution >= 4 is 5.82 Å². The van der Waals surface area contributed by atoms with Crippen LogP contribution in [0.25, 0.3) is 0 Å². The normalized spacial score (nSPS) is 12.0. The molecule has 0 amide bonds. The molecule has 0 spiro atoms. The largest absolute Gasteiger partial charge is 0.477 e. The first kappa shape index (κ1) is 18.7. The Labute approximate surface area is 135 Å². The van der Waals surface area contributed by atoms with Gasteiger partial charge in [0.05, 0.1) is 6.61 Å². The Morgan fingerprint density at radius 2 is 1.91 bits per heavy atom. The summed E-state index contributed by atoms with van der Waals surface area (Å²) in [4.78, 5) is 11.4. The maximum Gasteiger partial charge on any atom is 0.218 e. The monoisotopic (exact) mass is 308 g/mol. The van der Waals surface area contributed by atoms with Crippen LogP contribution in [-0.2, 0) is 5.41 Å². The molecule has 1 aromatic heterocycles. The van der Waals surface area contributed by atoms with Crippen molar-refractivity contribution in [3.05, 3.63) is 11.9 Å². The van der Waals surface area contributed by atoms with Gasteiger partial charge < -0.3 is 15.0 Å². The van der Waals surface area contributed by atoms with Crippen LogP contribution < -0.4 is 10.1 Å². The van der Waals surface area contributed by atoms with Gasteiger partial charge in [-0.2, -0.15) is 4.98 Å². The summed E-state index contributed by atoms with van der Waals surface area (Å²) in [6.45, 7) is 13.2. The molecule has 0 bridgehead atoms. The summed E-state index contributed by atoms with van der Waals surface area (Å²) in [6, 6.07) is 1.90. The highest BCUT2D eigenvalue weighted by Crippen LogP contribution is 2.23. The summed E-state index contributed by atoms with van der Waals surface area (Å²) in [5.74, 6) is 2.79. The van der Waals surface area contributed by atoms with Crippen molar-refractivity contribution in [2.24, 2.45) is 5.92 Å². The van der Waals surface area contributed by atoms with Crippen molar-refractivity contribution in [2.75, 3.05) is 39.1 Å². The summed E-state index contributed by atoms with van der Waals surface area (Å²) in [6.07, 6.45) is 1.07. The smallest absolute Gasteiger partial charge is 0.218 e. The van der Waals surface area contributed by atoms with Crippen molar-refractivity contribution in [3.8, 4) is 5.88 Å². The number of hydrogen-bond donors (Lipinski definition) is 1. The Hall–Kier alpha value is -1.36. The van der Waals surface area contributed by atoms with E-state index >= 15 is 0 Å². The number of hydrogen-bond acceptors (Lipinski definition) is 5. The minimum Gasteiger partial charge on any atom is -0.477 e. The summed E-state index contributed by atoms with van der Waals surface area (Å²) < 4.78 is 5.79. The van der Waals surface area contributed by atoms with Gasteiger partial charge in [0.1, 0.15) is 11.6 Å². The molecule has 22 heavy (non-hydrogen) atoms. The third kappa shape index (κ3) is 7.07. The predicted octanol–water partition coefficient (Wildman–Crippen LogP) is 3.17. The van der Waals surface area contributed by atoms with Gasteiger partial charge in [-0.15, -0.1) is 0 Å². The van der Waals surface area contributed by atoms with Crippen LogP contribution in [0.3, 0.4) is 0 Å². The minimum atomic E-state index is -0.0999. The third-order valence-corrected chi connectivity index (χ3v) is 3.03. The highest BCUT2D eigenvalue weighted by molar-refractivity contribution is 5.39. The molecule has 5 nitrogen and oxygen atoms in total. The summed E-state index contributed by atoms with van der Waals surface area (Å²) in [5.41, 5.74) is -0.0999.